The molecule has 0 aromatic heterocycles. The molecule has 8 heteroatoms. The molecule has 2 aliphatic rings. The highest BCUT2D eigenvalue weighted by atomic mass is 35.5. The third-order valence-corrected chi connectivity index (χ3v) is 6.67. The number of nitrogens with two attached hydrogens (primary N) is 1. The minimum Gasteiger partial charge on any atom is -0.493 e. The van der Waals surface area contributed by atoms with E-state index in [9.17, 15) is 10.1 Å². The zero-order valence-electron chi connectivity index (χ0n) is 18.3. The monoisotopic (exact) mass is 483 g/mol. The summed E-state index contributed by atoms with van der Waals surface area (Å²) in [6.45, 7) is 0.226. The van der Waals surface area contributed by atoms with Crippen LogP contribution in [0.25, 0.3) is 0 Å². The Hall–Kier alpha value is -3.14. The number of nitriles is 1. The van der Waals surface area contributed by atoms with Gasteiger partial charge in [-0.3, -0.25) is 4.79 Å². The smallest absolute Gasteiger partial charge is 0.161 e. The molecule has 2 aromatic rings. The largest absolute Gasteiger partial charge is 0.493 e. The molecule has 1 heterocycles. The number of ketones is 1. The van der Waals surface area contributed by atoms with E-state index in [1.54, 1.807) is 49.4 Å². The molecule has 0 saturated carbocycles. The lowest BCUT2D eigenvalue weighted by Crippen LogP contribution is -2.36. The van der Waals surface area contributed by atoms with Crippen molar-refractivity contribution in [3.8, 4) is 17.6 Å². The maximum Gasteiger partial charge on any atom is 0.161 e. The normalized spacial score (nSPS) is 18.2. The van der Waals surface area contributed by atoms with Crippen molar-refractivity contribution >= 4 is 29.0 Å². The second kappa shape index (κ2) is 9.38. The van der Waals surface area contributed by atoms with Crippen molar-refractivity contribution in [2.24, 2.45) is 5.73 Å². The SMILES string of the molecule is COc1cc([C@@H]2C(C#N)=C(N)N(C)C3=C2C(=O)CCC3)ccc1OCc1ccc(Cl)cc1Cl. The Labute approximate surface area is 202 Å². The number of methoxy groups -OCH3 is 1. The molecule has 1 aliphatic carbocycles. The van der Waals surface area contributed by atoms with Crippen LogP contribution in [0.4, 0.5) is 0 Å². The summed E-state index contributed by atoms with van der Waals surface area (Å²) in [7, 11) is 3.35. The van der Waals surface area contributed by atoms with E-state index >= 15 is 0 Å². The second-order valence-corrected chi connectivity index (χ2v) is 8.82. The molecule has 4 rings (SSSR count). The molecular weight excluding hydrogens is 461 g/mol. The number of allylic oxidation sites excluding steroid dienone is 3. The molecule has 0 fully saturated rings. The number of carbonyl (C=O) groups excluding carboxylic acids is 1. The summed E-state index contributed by atoms with van der Waals surface area (Å²) >= 11 is 12.2. The van der Waals surface area contributed by atoms with Crippen LogP contribution in [-0.4, -0.2) is 24.8 Å². The summed E-state index contributed by atoms with van der Waals surface area (Å²) in [6.07, 6.45) is 1.98. The van der Waals surface area contributed by atoms with Gasteiger partial charge in [-0.15, -0.1) is 0 Å². The van der Waals surface area contributed by atoms with Crippen molar-refractivity contribution in [1.29, 1.82) is 5.26 Å². The first kappa shape index (κ1) is 23.0. The van der Waals surface area contributed by atoms with Gasteiger partial charge in [-0.25, -0.2) is 0 Å². The van der Waals surface area contributed by atoms with Gasteiger partial charge in [-0.1, -0.05) is 35.3 Å². The van der Waals surface area contributed by atoms with E-state index in [4.69, 9.17) is 38.4 Å². The number of hydrogen-bond acceptors (Lipinski definition) is 6. The predicted molar refractivity (Wildman–Crippen MR) is 127 cm³/mol. The lowest BCUT2D eigenvalue weighted by molar-refractivity contribution is -0.116. The van der Waals surface area contributed by atoms with Gasteiger partial charge in [-0.2, -0.15) is 5.26 Å². The Balaban J connectivity index is 1.70. The molecular formula is C25H23Cl2N3O3. The topological polar surface area (TPSA) is 88.6 Å². The van der Waals surface area contributed by atoms with Crippen LogP contribution in [0.5, 0.6) is 11.5 Å². The van der Waals surface area contributed by atoms with E-state index in [2.05, 4.69) is 6.07 Å². The van der Waals surface area contributed by atoms with E-state index in [-0.39, 0.29) is 12.4 Å². The molecule has 2 aromatic carbocycles. The summed E-state index contributed by atoms with van der Waals surface area (Å²) in [6, 6.07) is 12.9. The van der Waals surface area contributed by atoms with Crippen molar-refractivity contribution in [3.05, 3.63) is 80.2 Å². The highest BCUT2D eigenvalue weighted by Gasteiger charge is 2.38. The molecule has 170 valence electrons. The van der Waals surface area contributed by atoms with Gasteiger partial charge in [0.25, 0.3) is 0 Å². The Morgan fingerprint density at radius 3 is 2.67 bits per heavy atom. The summed E-state index contributed by atoms with van der Waals surface area (Å²) in [4.78, 5) is 14.7. The molecule has 0 radical (unpaired) electrons. The fourth-order valence-electron chi connectivity index (χ4n) is 4.37. The molecule has 1 atom stereocenters. The van der Waals surface area contributed by atoms with Crippen LogP contribution < -0.4 is 15.2 Å². The minimum absolute atomic E-state index is 0.0463. The summed E-state index contributed by atoms with van der Waals surface area (Å²) in [5.41, 5.74) is 9.72. The van der Waals surface area contributed by atoms with Crippen LogP contribution in [0.1, 0.15) is 36.3 Å². The zero-order chi connectivity index (χ0) is 23.7. The fraction of sp³-hybridized carbons (Fsp3) is 0.280. The predicted octanol–water partition coefficient (Wildman–Crippen LogP) is 5.31. The molecule has 1 aliphatic heterocycles. The van der Waals surface area contributed by atoms with E-state index in [1.165, 1.54) is 0 Å². The summed E-state index contributed by atoms with van der Waals surface area (Å²) in [5.74, 6) is 0.873. The van der Waals surface area contributed by atoms with E-state index in [0.717, 1.165) is 29.7 Å². The van der Waals surface area contributed by atoms with Crippen molar-refractivity contribution in [3.63, 3.8) is 0 Å². The van der Waals surface area contributed by atoms with Crippen LogP contribution in [-0.2, 0) is 11.4 Å². The number of ether oxygens (including phenoxy) is 2. The van der Waals surface area contributed by atoms with E-state index < -0.39 is 5.92 Å². The lowest BCUT2D eigenvalue weighted by atomic mass is 9.76. The number of hydrogen-bond donors (Lipinski definition) is 1. The van der Waals surface area contributed by atoms with Gasteiger partial charge < -0.3 is 20.1 Å². The van der Waals surface area contributed by atoms with Gasteiger partial charge >= 0.3 is 0 Å². The number of carbonyl (C=O) groups is 1. The van der Waals surface area contributed by atoms with E-state index in [0.29, 0.717) is 44.9 Å². The van der Waals surface area contributed by atoms with Crippen molar-refractivity contribution in [2.75, 3.05) is 14.2 Å². The van der Waals surface area contributed by atoms with Gasteiger partial charge in [0.05, 0.1) is 24.7 Å². The molecule has 6 nitrogen and oxygen atoms in total. The average molecular weight is 484 g/mol. The summed E-state index contributed by atoms with van der Waals surface area (Å²) < 4.78 is 11.5. The Bertz CT molecular complexity index is 1230. The molecule has 33 heavy (non-hydrogen) atoms. The highest BCUT2D eigenvalue weighted by molar-refractivity contribution is 6.35. The molecule has 0 amide bonds. The molecule has 0 spiro atoms. The Morgan fingerprint density at radius 2 is 1.97 bits per heavy atom. The van der Waals surface area contributed by atoms with E-state index in [1.807, 2.05) is 6.07 Å². The lowest BCUT2D eigenvalue weighted by Gasteiger charge is -2.37. The van der Waals surface area contributed by atoms with Crippen LogP contribution >= 0.6 is 23.2 Å². The molecule has 2 N–H and O–H groups in total. The van der Waals surface area contributed by atoms with Gasteiger partial charge in [0.15, 0.2) is 17.3 Å². The maximum absolute atomic E-state index is 12.9. The number of halogens is 2. The zero-order valence-corrected chi connectivity index (χ0v) is 19.8. The number of benzene rings is 2. The number of Topliss-reactive ketones (excluding diaryl/α,β-unsaturated/α-hetero) is 1. The molecule has 0 unspecified atom stereocenters. The van der Waals surface area contributed by atoms with Gasteiger partial charge in [0.2, 0.25) is 0 Å². The first-order chi connectivity index (χ1) is 15.8. The average Bonchev–Trinajstić information content (AvgIpc) is 2.81. The van der Waals surface area contributed by atoms with Crippen LogP contribution in [0, 0.1) is 11.3 Å². The van der Waals surface area contributed by atoms with Crippen molar-refractivity contribution in [1.82, 2.24) is 4.90 Å². The van der Waals surface area contributed by atoms with Gasteiger partial charge in [0.1, 0.15) is 12.4 Å². The third-order valence-electron chi connectivity index (χ3n) is 6.09. The maximum atomic E-state index is 12.9. The minimum atomic E-state index is -0.539. The van der Waals surface area contributed by atoms with Gasteiger partial charge in [0, 0.05) is 40.3 Å². The van der Waals surface area contributed by atoms with Gasteiger partial charge in [-0.05, 0) is 42.7 Å². The fourth-order valence-corrected chi connectivity index (χ4v) is 4.84. The molecule has 0 saturated heterocycles. The summed E-state index contributed by atoms with van der Waals surface area (Å²) in [5, 5.41) is 11.0. The van der Waals surface area contributed by atoms with Crippen LogP contribution in [0.2, 0.25) is 10.0 Å². The quantitative estimate of drug-likeness (QED) is 0.619. The van der Waals surface area contributed by atoms with Crippen molar-refractivity contribution in [2.45, 2.75) is 31.8 Å². The highest BCUT2D eigenvalue weighted by Crippen LogP contribution is 2.45. The third kappa shape index (κ3) is 4.27. The van der Waals surface area contributed by atoms with Crippen LogP contribution in [0.15, 0.2) is 59.1 Å². The molecule has 0 bridgehead atoms. The second-order valence-electron chi connectivity index (χ2n) is 7.97. The Morgan fingerprint density at radius 1 is 1.18 bits per heavy atom. The number of rotatable bonds is 5. The standard InChI is InChI=1S/C25H23Cl2N3O3/c1-30-19-4-3-5-20(31)24(19)23(17(12-28)25(30)29)14-7-9-21(22(10-14)32-2)33-13-15-6-8-16(26)11-18(15)27/h6-11,23H,3-5,13,29H2,1-2H3/t23-/m1/s1. The van der Waals surface area contributed by atoms with Crippen LogP contribution in [0.3, 0.4) is 0 Å². The van der Waals surface area contributed by atoms with Crippen molar-refractivity contribution < 1.29 is 14.3 Å². The first-order valence-corrected chi connectivity index (χ1v) is 11.3. The Kier molecular flexibility index (Phi) is 6.55. The number of nitrogens with zero attached hydrogens (tertiary/aromatic N) is 2. The first-order valence-electron chi connectivity index (χ1n) is 10.5.